The molecule has 1 amide bonds. The Morgan fingerprint density at radius 3 is 2.89 bits per heavy atom. The number of H-pyrrole nitrogens is 1. The fourth-order valence-corrected chi connectivity index (χ4v) is 1.69. The molecule has 2 aromatic rings. The van der Waals surface area contributed by atoms with Crippen molar-refractivity contribution in [1.29, 1.82) is 0 Å². The number of hydrogen-bond acceptors (Lipinski definition) is 3. The van der Waals surface area contributed by atoms with Gasteiger partial charge in [-0.2, -0.15) is 5.10 Å². The number of rotatable bonds is 6. The van der Waals surface area contributed by atoms with Crippen LogP contribution in [0.5, 0.6) is 0 Å². The quantitative estimate of drug-likeness (QED) is 0.782. The minimum Gasteiger partial charge on any atom is -0.282 e. The number of hydrogen-bond donors (Lipinski definition) is 2. The molecule has 1 heterocycles. The maximum Gasteiger partial charge on any atom is 0.295 e. The summed E-state index contributed by atoms with van der Waals surface area (Å²) in [5.41, 5.74) is 4.68. The SMILES string of the molecule is CCCc1cc(C(=O)NOCc2ccccc2)n[nH]1. The van der Waals surface area contributed by atoms with Crippen molar-refractivity contribution in [2.45, 2.75) is 26.4 Å². The molecule has 0 aliphatic heterocycles. The molecule has 5 heteroatoms. The number of nitrogens with zero attached hydrogens (tertiary/aromatic N) is 1. The number of amides is 1. The standard InChI is InChI=1S/C14H17N3O2/c1-2-6-12-9-13(16-15-12)14(18)17-19-10-11-7-4-3-5-8-11/h3-5,7-9H,2,6,10H2,1H3,(H,15,16)(H,17,18). The summed E-state index contributed by atoms with van der Waals surface area (Å²) >= 11 is 0. The van der Waals surface area contributed by atoms with E-state index in [1.54, 1.807) is 6.07 Å². The highest BCUT2D eigenvalue weighted by Gasteiger charge is 2.09. The smallest absolute Gasteiger partial charge is 0.282 e. The molecule has 19 heavy (non-hydrogen) atoms. The molecule has 0 saturated carbocycles. The number of carbonyl (C=O) groups excluding carboxylic acids is 1. The number of aromatic nitrogens is 2. The Bertz CT molecular complexity index is 522. The highest BCUT2D eigenvalue weighted by molar-refractivity contribution is 5.91. The van der Waals surface area contributed by atoms with Crippen LogP contribution in [0.15, 0.2) is 36.4 Å². The Morgan fingerprint density at radius 2 is 2.16 bits per heavy atom. The molecule has 100 valence electrons. The summed E-state index contributed by atoms with van der Waals surface area (Å²) < 4.78 is 0. The molecule has 1 aromatic carbocycles. The lowest BCUT2D eigenvalue weighted by Crippen LogP contribution is -2.23. The van der Waals surface area contributed by atoms with Crippen molar-refractivity contribution >= 4 is 5.91 Å². The minimum atomic E-state index is -0.338. The Hall–Kier alpha value is -2.14. The molecule has 2 N–H and O–H groups in total. The number of hydroxylamine groups is 1. The summed E-state index contributed by atoms with van der Waals surface area (Å²) in [6.45, 7) is 2.41. The molecule has 0 spiro atoms. The lowest BCUT2D eigenvalue weighted by atomic mass is 10.2. The van der Waals surface area contributed by atoms with Gasteiger partial charge in [-0.25, -0.2) is 5.48 Å². The van der Waals surface area contributed by atoms with E-state index >= 15 is 0 Å². The largest absolute Gasteiger partial charge is 0.295 e. The van der Waals surface area contributed by atoms with Crippen LogP contribution in [-0.4, -0.2) is 16.1 Å². The van der Waals surface area contributed by atoms with Crippen LogP contribution in [0.1, 0.15) is 35.1 Å². The number of carbonyl (C=O) groups is 1. The van der Waals surface area contributed by atoms with E-state index in [1.807, 2.05) is 30.3 Å². The summed E-state index contributed by atoms with van der Waals surface area (Å²) in [7, 11) is 0. The van der Waals surface area contributed by atoms with Crippen LogP contribution in [-0.2, 0) is 17.9 Å². The van der Waals surface area contributed by atoms with E-state index < -0.39 is 0 Å². The maximum absolute atomic E-state index is 11.7. The lowest BCUT2D eigenvalue weighted by Gasteiger charge is -2.03. The molecule has 0 bridgehead atoms. The van der Waals surface area contributed by atoms with Crippen molar-refractivity contribution in [3.05, 3.63) is 53.3 Å². The van der Waals surface area contributed by atoms with Crippen LogP contribution >= 0.6 is 0 Å². The first-order valence-corrected chi connectivity index (χ1v) is 6.30. The molecule has 0 saturated heterocycles. The lowest BCUT2D eigenvalue weighted by molar-refractivity contribution is 0.0229. The van der Waals surface area contributed by atoms with Gasteiger partial charge in [-0.05, 0) is 18.1 Å². The van der Waals surface area contributed by atoms with E-state index in [4.69, 9.17) is 4.84 Å². The Balaban J connectivity index is 1.80. The maximum atomic E-state index is 11.7. The molecule has 0 aliphatic carbocycles. The fourth-order valence-electron chi connectivity index (χ4n) is 1.69. The van der Waals surface area contributed by atoms with Crippen LogP contribution in [0.25, 0.3) is 0 Å². The number of nitrogens with one attached hydrogen (secondary N) is 2. The molecule has 1 aromatic heterocycles. The van der Waals surface area contributed by atoms with Gasteiger partial charge in [0.25, 0.3) is 5.91 Å². The first-order valence-electron chi connectivity index (χ1n) is 6.30. The average Bonchev–Trinajstić information content (AvgIpc) is 2.89. The third-order valence-electron chi connectivity index (χ3n) is 2.63. The average molecular weight is 259 g/mol. The zero-order valence-corrected chi connectivity index (χ0v) is 10.8. The van der Waals surface area contributed by atoms with E-state index in [0.29, 0.717) is 12.3 Å². The molecular weight excluding hydrogens is 242 g/mol. The van der Waals surface area contributed by atoms with Crippen molar-refractivity contribution in [3.63, 3.8) is 0 Å². The summed E-state index contributed by atoms with van der Waals surface area (Å²) in [5, 5.41) is 6.77. The number of aromatic amines is 1. The van der Waals surface area contributed by atoms with Gasteiger partial charge in [0.05, 0.1) is 6.61 Å². The van der Waals surface area contributed by atoms with Crippen molar-refractivity contribution in [1.82, 2.24) is 15.7 Å². The molecule has 0 fully saturated rings. The third-order valence-corrected chi connectivity index (χ3v) is 2.63. The second-order valence-corrected chi connectivity index (χ2v) is 4.23. The van der Waals surface area contributed by atoms with Gasteiger partial charge in [0.1, 0.15) is 0 Å². The van der Waals surface area contributed by atoms with E-state index in [-0.39, 0.29) is 5.91 Å². The van der Waals surface area contributed by atoms with Gasteiger partial charge in [0, 0.05) is 5.69 Å². The molecule has 5 nitrogen and oxygen atoms in total. The monoisotopic (exact) mass is 259 g/mol. The zero-order chi connectivity index (χ0) is 13.5. The van der Waals surface area contributed by atoms with Gasteiger partial charge >= 0.3 is 0 Å². The molecular formula is C14H17N3O2. The Morgan fingerprint density at radius 1 is 1.37 bits per heavy atom. The summed E-state index contributed by atoms with van der Waals surface area (Å²) in [5.74, 6) is -0.338. The van der Waals surface area contributed by atoms with Gasteiger partial charge in [-0.15, -0.1) is 0 Å². The second-order valence-electron chi connectivity index (χ2n) is 4.23. The van der Waals surface area contributed by atoms with E-state index in [0.717, 1.165) is 24.1 Å². The van der Waals surface area contributed by atoms with Gasteiger partial charge in [0.2, 0.25) is 0 Å². The molecule has 2 rings (SSSR count). The predicted molar refractivity (Wildman–Crippen MR) is 71.3 cm³/mol. The zero-order valence-electron chi connectivity index (χ0n) is 10.8. The van der Waals surface area contributed by atoms with E-state index in [2.05, 4.69) is 22.6 Å². The van der Waals surface area contributed by atoms with Crippen molar-refractivity contribution in [3.8, 4) is 0 Å². The molecule has 0 atom stereocenters. The first-order chi connectivity index (χ1) is 9.29. The first kappa shape index (κ1) is 13.3. The fraction of sp³-hybridized carbons (Fsp3) is 0.286. The number of aryl methyl sites for hydroxylation is 1. The third kappa shape index (κ3) is 3.93. The highest BCUT2D eigenvalue weighted by Crippen LogP contribution is 2.03. The Labute approximate surface area is 111 Å². The summed E-state index contributed by atoms with van der Waals surface area (Å²) in [4.78, 5) is 16.9. The van der Waals surface area contributed by atoms with Crippen molar-refractivity contribution in [2.75, 3.05) is 0 Å². The van der Waals surface area contributed by atoms with E-state index in [1.165, 1.54) is 0 Å². The number of benzene rings is 1. The van der Waals surface area contributed by atoms with Crippen LogP contribution in [0.4, 0.5) is 0 Å². The van der Waals surface area contributed by atoms with E-state index in [9.17, 15) is 4.79 Å². The van der Waals surface area contributed by atoms with Crippen molar-refractivity contribution in [2.24, 2.45) is 0 Å². The van der Waals surface area contributed by atoms with Gasteiger partial charge in [-0.1, -0.05) is 43.7 Å². The van der Waals surface area contributed by atoms with Crippen LogP contribution in [0.2, 0.25) is 0 Å². The van der Waals surface area contributed by atoms with Crippen LogP contribution in [0, 0.1) is 0 Å². The highest BCUT2D eigenvalue weighted by atomic mass is 16.6. The molecule has 0 radical (unpaired) electrons. The van der Waals surface area contributed by atoms with Crippen molar-refractivity contribution < 1.29 is 9.63 Å². The van der Waals surface area contributed by atoms with Crippen LogP contribution < -0.4 is 5.48 Å². The summed E-state index contributed by atoms with van der Waals surface area (Å²) in [6.07, 6.45) is 1.89. The normalized spacial score (nSPS) is 10.4. The van der Waals surface area contributed by atoms with Gasteiger partial charge in [-0.3, -0.25) is 14.7 Å². The summed E-state index contributed by atoms with van der Waals surface area (Å²) in [6, 6.07) is 11.4. The second kappa shape index (κ2) is 6.70. The van der Waals surface area contributed by atoms with Gasteiger partial charge in [0.15, 0.2) is 5.69 Å². The van der Waals surface area contributed by atoms with Crippen LogP contribution in [0.3, 0.4) is 0 Å². The van der Waals surface area contributed by atoms with Gasteiger partial charge < -0.3 is 0 Å². The molecule has 0 unspecified atom stereocenters. The predicted octanol–water partition coefficient (Wildman–Crippen LogP) is 2.22. The Kier molecular flexibility index (Phi) is 4.69. The molecule has 0 aliphatic rings. The topological polar surface area (TPSA) is 67.0 Å². The minimum absolute atomic E-state index is 0.332.